The molecule has 1 fully saturated rings. The quantitative estimate of drug-likeness (QED) is 0.739. The van der Waals surface area contributed by atoms with Crippen molar-refractivity contribution in [3.05, 3.63) is 23.8 Å². The second-order valence-electron chi connectivity index (χ2n) is 6.08. The summed E-state index contributed by atoms with van der Waals surface area (Å²) in [7, 11) is -1.21. The molecule has 0 saturated carbocycles. The van der Waals surface area contributed by atoms with E-state index in [4.69, 9.17) is 9.47 Å². The van der Waals surface area contributed by atoms with E-state index < -0.39 is 16.0 Å². The zero-order chi connectivity index (χ0) is 19.3. The Bertz CT molecular complexity index is 777. The molecule has 2 rings (SSSR count). The number of ether oxygens (including phenoxy) is 2. The Morgan fingerprint density at radius 3 is 2.65 bits per heavy atom. The Labute approximate surface area is 153 Å². The summed E-state index contributed by atoms with van der Waals surface area (Å²) in [5.74, 6) is -0.908. The van der Waals surface area contributed by atoms with Crippen LogP contribution in [0, 0.1) is 0 Å². The smallest absolute Gasteiger partial charge is 0.338 e. The molecule has 1 amide bonds. The predicted octanol–water partition coefficient (Wildman–Crippen LogP) is 1.16. The van der Waals surface area contributed by atoms with Crippen LogP contribution in [0.1, 0.15) is 36.5 Å². The summed E-state index contributed by atoms with van der Waals surface area (Å²) in [5, 5.41) is 0. The van der Waals surface area contributed by atoms with E-state index in [-0.39, 0.29) is 34.8 Å². The Morgan fingerprint density at radius 1 is 1.31 bits per heavy atom. The minimum absolute atomic E-state index is 0.0270. The summed E-state index contributed by atoms with van der Waals surface area (Å²) in [4.78, 5) is 26.0. The Balaban J connectivity index is 2.10. The first-order valence-corrected chi connectivity index (χ1v) is 9.86. The first-order chi connectivity index (χ1) is 12.3. The Kier molecular flexibility index (Phi) is 6.60. The highest BCUT2D eigenvalue weighted by atomic mass is 32.2. The number of hydrogen-bond donors (Lipinski definition) is 1. The normalized spacial score (nSPS) is 17.7. The van der Waals surface area contributed by atoms with Gasteiger partial charge in [0.25, 0.3) is 5.91 Å². The van der Waals surface area contributed by atoms with Gasteiger partial charge in [-0.3, -0.25) is 4.79 Å². The van der Waals surface area contributed by atoms with Crippen molar-refractivity contribution < 1.29 is 27.5 Å². The van der Waals surface area contributed by atoms with Gasteiger partial charge < -0.3 is 14.4 Å². The Hall–Kier alpha value is -2.13. The number of nitrogens with one attached hydrogen (secondary N) is 1. The zero-order valence-corrected chi connectivity index (χ0v) is 16.0. The third kappa shape index (κ3) is 4.53. The number of piperidine rings is 1. The van der Waals surface area contributed by atoms with Crippen LogP contribution >= 0.6 is 0 Å². The molecule has 1 aromatic carbocycles. The highest BCUT2D eigenvalue weighted by Gasteiger charge is 2.25. The molecular formula is C17H24N2O6S. The first-order valence-electron chi connectivity index (χ1n) is 8.38. The largest absolute Gasteiger partial charge is 0.495 e. The molecule has 1 saturated heterocycles. The monoisotopic (exact) mass is 384 g/mol. The molecular weight excluding hydrogens is 360 g/mol. The lowest BCUT2D eigenvalue weighted by Crippen LogP contribution is -2.44. The second kappa shape index (κ2) is 8.50. The zero-order valence-electron chi connectivity index (χ0n) is 15.1. The predicted molar refractivity (Wildman–Crippen MR) is 94.5 cm³/mol. The number of benzene rings is 1. The highest BCUT2D eigenvalue weighted by Crippen LogP contribution is 2.25. The summed E-state index contributed by atoms with van der Waals surface area (Å²) in [5.41, 5.74) is 0.0270. The van der Waals surface area contributed by atoms with Crippen molar-refractivity contribution in [3.63, 3.8) is 0 Å². The minimum Gasteiger partial charge on any atom is -0.495 e. The number of rotatable bonds is 6. The summed E-state index contributed by atoms with van der Waals surface area (Å²) < 4.78 is 36.4. The van der Waals surface area contributed by atoms with Crippen LogP contribution in [0.15, 0.2) is 23.1 Å². The van der Waals surface area contributed by atoms with Gasteiger partial charge in [0.15, 0.2) is 6.61 Å². The van der Waals surface area contributed by atoms with Crippen LogP contribution in [0.3, 0.4) is 0 Å². The van der Waals surface area contributed by atoms with Crippen LogP contribution < -0.4 is 9.46 Å². The molecule has 1 aliphatic heterocycles. The number of methoxy groups -OCH3 is 1. The lowest BCUT2D eigenvalue weighted by Gasteiger charge is -2.33. The number of nitrogens with zero attached hydrogens (tertiary/aromatic N) is 1. The van der Waals surface area contributed by atoms with Crippen LogP contribution in [0.25, 0.3) is 0 Å². The molecule has 0 bridgehead atoms. The third-order valence-electron chi connectivity index (χ3n) is 4.41. The average molecular weight is 384 g/mol. The van der Waals surface area contributed by atoms with Crippen LogP contribution in [-0.2, 0) is 19.6 Å². The van der Waals surface area contributed by atoms with Crippen molar-refractivity contribution in [1.29, 1.82) is 0 Å². The van der Waals surface area contributed by atoms with Crippen LogP contribution in [0.2, 0.25) is 0 Å². The van der Waals surface area contributed by atoms with Gasteiger partial charge in [-0.15, -0.1) is 0 Å². The molecule has 0 unspecified atom stereocenters. The van der Waals surface area contributed by atoms with Crippen molar-refractivity contribution in [2.45, 2.75) is 37.1 Å². The molecule has 1 atom stereocenters. The summed E-state index contributed by atoms with van der Waals surface area (Å²) in [6, 6.07) is 4.06. The minimum atomic E-state index is -3.81. The maximum Gasteiger partial charge on any atom is 0.338 e. The second-order valence-corrected chi connectivity index (χ2v) is 7.94. The lowest BCUT2D eigenvalue weighted by atomic mass is 10.0. The molecule has 0 radical (unpaired) electrons. The maximum absolute atomic E-state index is 12.2. The fourth-order valence-electron chi connectivity index (χ4n) is 2.89. The van der Waals surface area contributed by atoms with E-state index >= 15 is 0 Å². The number of likely N-dealkylation sites (tertiary alicyclic amines) is 1. The molecule has 8 nitrogen and oxygen atoms in total. The van der Waals surface area contributed by atoms with Gasteiger partial charge in [0.1, 0.15) is 10.6 Å². The molecule has 1 heterocycles. The Morgan fingerprint density at radius 2 is 2.04 bits per heavy atom. The molecule has 1 aliphatic rings. The van der Waals surface area contributed by atoms with Crippen molar-refractivity contribution in [2.24, 2.45) is 0 Å². The van der Waals surface area contributed by atoms with Gasteiger partial charge in [-0.1, -0.05) is 0 Å². The van der Waals surface area contributed by atoms with Crippen LogP contribution in [0.4, 0.5) is 0 Å². The van der Waals surface area contributed by atoms with E-state index in [2.05, 4.69) is 4.72 Å². The van der Waals surface area contributed by atoms with E-state index in [9.17, 15) is 18.0 Å². The first kappa shape index (κ1) is 20.2. The number of carbonyl (C=O) groups excluding carboxylic acids is 2. The van der Waals surface area contributed by atoms with E-state index in [0.717, 1.165) is 19.3 Å². The topological polar surface area (TPSA) is 102 Å². The summed E-state index contributed by atoms with van der Waals surface area (Å²) in [6.45, 7) is 2.26. The molecule has 1 N–H and O–H groups in total. The standard InChI is InChI=1S/C17H24N2O6S/c1-12-6-4-5-9-19(12)16(20)11-25-17(21)13-7-8-14(24-3)15(10-13)26(22,23)18-2/h7-8,10,12,18H,4-6,9,11H2,1-3H3/t12-/m0/s1. The molecule has 0 aromatic heterocycles. The summed E-state index contributed by atoms with van der Waals surface area (Å²) in [6.07, 6.45) is 2.95. The molecule has 144 valence electrons. The molecule has 0 spiro atoms. The van der Waals surface area contributed by atoms with Gasteiger partial charge >= 0.3 is 5.97 Å². The maximum atomic E-state index is 12.2. The van der Waals surface area contributed by atoms with Gasteiger partial charge in [-0.25, -0.2) is 17.9 Å². The van der Waals surface area contributed by atoms with Gasteiger partial charge in [0.05, 0.1) is 12.7 Å². The SMILES string of the molecule is CNS(=O)(=O)c1cc(C(=O)OCC(=O)N2CCCC[C@@H]2C)ccc1OC. The fourth-order valence-corrected chi connectivity index (χ4v) is 3.80. The van der Waals surface area contributed by atoms with Crippen LogP contribution in [-0.4, -0.2) is 58.5 Å². The number of sulfonamides is 1. The van der Waals surface area contributed by atoms with Gasteiger partial charge in [0.2, 0.25) is 10.0 Å². The molecule has 0 aliphatic carbocycles. The van der Waals surface area contributed by atoms with E-state index in [1.54, 1.807) is 4.90 Å². The van der Waals surface area contributed by atoms with Gasteiger partial charge in [-0.2, -0.15) is 0 Å². The fraction of sp³-hybridized carbons (Fsp3) is 0.529. The molecule has 1 aromatic rings. The van der Waals surface area contributed by atoms with E-state index in [1.165, 1.54) is 32.4 Å². The van der Waals surface area contributed by atoms with Crippen LogP contribution in [0.5, 0.6) is 5.75 Å². The number of carbonyl (C=O) groups is 2. The molecule has 26 heavy (non-hydrogen) atoms. The lowest BCUT2D eigenvalue weighted by molar-refractivity contribution is -0.137. The summed E-state index contributed by atoms with van der Waals surface area (Å²) >= 11 is 0. The third-order valence-corrected chi connectivity index (χ3v) is 5.84. The number of hydrogen-bond acceptors (Lipinski definition) is 6. The van der Waals surface area contributed by atoms with Crippen molar-refractivity contribution in [1.82, 2.24) is 9.62 Å². The van der Waals surface area contributed by atoms with Crippen molar-refractivity contribution in [2.75, 3.05) is 27.3 Å². The van der Waals surface area contributed by atoms with E-state index in [0.29, 0.717) is 6.54 Å². The highest BCUT2D eigenvalue weighted by molar-refractivity contribution is 7.89. The number of amides is 1. The van der Waals surface area contributed by atoms with E-state index in [1.807, 2.05) is 6.92 Å². The van der Waals surface area contributed by atoms with Crippen molar-refractivity contribution in [3.8, 4) is 5.75 Å². The van der Waals surface area contributed by atoms with Crippen molar-refractivity contribution >= 4 is 21.9 Å². The molecule has 9 heteroatoms. The van der Waals surface area contributed by atoms with Gasteiger partial charge in [-0.05, 0) is 51.4 Å². The number of esters is 1. The van der Waals surface area contributed by atoms with Gasteiger partial charge in [0, 0.05) is 12.6 Å². The average Bonchev–Trinajstić information content (AvgIpc) is 2.65.